The van der Waals surface area contributed by atoms with E-state index in [1.807, 2.05) is 17.1 Å². The number of carbonyl (C=O) groups excluding carboxylic acids is 2. The molecule has 1 saturated carbocycles. The molecule has 132 valence electrons. The van der Waals surface area contributed by atoms with Gasteiger partial charge in [-0.05, 0) is 19.3 Å². The van der Waals surface area contributed by atoms with E-state index in [0.717, 1.165) is 25.7 Å². The molecule has 1 aliphatic carbocycles. The summed E-state index contributed by atoms with van der Waals surface area (Å²) in [6.07, 6.45) is 11.3. The van der Waals surface area contributed by atoms with Gasteiger partial charge in [-0.2, -0.15) is 0 Å². The molecule has 4 atom stereocenters. The second kappa shape index (κ2) is 6.17. The second-order valence-corrected chi connectivity index (χ2v) is 7.68. The number of ether oxygens (including phenoxy) is 2. The first-order valence-corrected chi connectivity index (χ1v) is 9.50. The molecule has 0 aromatic heterocycles. The summed E-state index contributed by atoms with van der Waals surface area (Å²) >= 11 is 0. The van der Waals surface area contributed by atoms with E-state index in [9.17, 15) is 9.59 Å². The number of esters is 1. The van der Waals surface area contributed by atoms with E-state index in [-0.39, 0.29) is 23.9 Å². The second-order valence-electron chi connectivity index (χ2n) is 7.68. The minimum atomic E-state index is -0.590. The molecule has 1 spiro atoms. The maximum atomic E-state index is 13.1. The van der Waals surface area contributed by atoms with Gasteiger partial charge in [0.15, 0.2) is 0 Å². The van der Waals surface area contributed by atoms with Crippen LogP contribution in [0.25, 0.3) is 0 Å². The van der Waals surface area contributed by atoms with Crippen molar-refractivity contribution in [1.29, 1.82) is 0 Å². The topological polar surface area (TPSA) is 55.8 Å². The molecule has 2 bridgehead atoms. The zero-order valence-corrected chi connectivity index (χ0v) is 14.4. The van der Waals surface area contributed by atoms with Crippen LogP contribution in [0.4, 0.5) is 0 Å². The predicted molar refractivity (Wildman–Crippen MR) is 88.2 cm³/mol. The van der Waals surface area contributed by atoms with Crippen LogP contribution in [-0.4, -0.2) is 47.7 Å². The Hall–Kier alpha value is -1.36. The molecular weight excluding hydrogens is 306 g/mol. The average Bonchev–Trinajstić information content (AvgIpc) is 3.24. The molecule has 2 saturated heterocycles. The van der Waals surface area contributed by atoms with Crippen molar-refractivity contribution in [3.05, 3.63) is 12.2 Å². The minimum Gasteiger partial charge on any atom is -0.465 e. The normalized spacial score (nSPS) is 38.0. The lowest BCUT2D eigenvalue weighted by Gasteiger charge is -2.32. The fraction of sp³-hybridized carbons (Fsp3) is 0.789. The van der Waals surface area contributed by atoms with Crippen LogP contribution in [0.3, 0.4) is 0 Å². The minimum absolute atomic E-state index is 0.103. The highest BCUT2D eigenvalue weighted by molar-refractivity contribution is 5.91. The lowest BCUT2D eigenvalue weighted by molar-refractivity contribution is -0.154. The molecule has 4 rings (SSSR count). The molecule has 0 aromatic rings. The van der Waals surface area contributed by atoms with Gasteiger partial charge in [0.25, 0.3) is 0 Å². The predicted octanol–water partition coefficient (Wildman–Crippen LogP) is 2.44. The number of amides is 1. The Bertz CT molecular complexity index is 554. The SMILES string of the molecule is CCCCOC(=O)[C@H]1[C@@H]2C=C[C@@]3(CN(C4CCCCC4)C(=O)[C@@H]13)O2. The number of rotatable bonds is 5. The summed E-state index contributed by atoms with van der Waals surface area (Å²) in [5.74, 6) is -1.01. The molecule has 5 heteroatoms. The van der Waals surface area contributed by atoms with Crippen LogP contribution in [0.1, 0.15) is 51.9 Å². The number of hydrogen-bond donors (Lipinski definition) is 0. The van der Waals surface area contributed by atoms with Crippen molar-refractivity contribution in [2.75, 3.05) is 13.2 Å². The van der Waals surface area contributed by atoms with Crippen molar-refractivity contribution in [2.45, 2.75) is 69.6 Å². The Labute approximate surface area is 143 Å². The van der Waals surface area contributed by atoms with E-state index in [2.05, 4.69) is 6.92 Å². The molecule has 3 heterocycles. The monoisotopic (exact) mass is 333 g/mol. The molecular formula is C19H27NO4. The van der Waals surface area contributed by atoms with E-state index < -0.39 is 11.5 Å². The highest BCUT2D eigenvalue weighted by Crippen LogP contribution is 2.53. The quantitative estimate of drug-likeness (QED) is 0.440. The van der Waals surface area contributed by atoms with Crippen LogP contribution in [-0.2, 0) is 19.1 Å². The van der Waals surface area contributed by atoms with Crippen LogP contribution >= 0.6 is 0 Å². The highest BCUT2D eigenvalue weighted by atomic mass is 16.6. The molecule has 24 heavy (non-hydrogen) atoms. The fourth-order valence-electron chi connectivity index (χ4n) is 4.91. The van der Waals surface area contributed by atoms with Crippen molar-refractivity contribution in [1.82, 2.24) is 4.90 Å². The third-order valence-electron chi connectivity index (χ3n) is 6.16. The maximum absolute atomic E-state index is 13.1. The summed E-state index contributed by atoms with van der Waals surface area (Å²) in [7, 11) is 0. The van der Waals surface area contributed by atoms with Crippen molar-refractivity contribution < 1.29 is 19.1 Å². The first-order valence-electron chi connectivity index (χ1n) is 9.50. The summed E-state index contributed by atoms with van der Waals surface area (Å²) in [5.41, 5.74) is -0.590. The van der Waals surface area contributed by atoms with Gasteiger partial charge in [0.05, 0.1) is 25.2 Å². The average molecular weight is 333 g/mol. The van der Waals surface area contributed by atoms with Gasteiger partial charge in [0.2, 0.25) is 5.91 Å². The number of hydrogen-bond acceptors (Lipinski definition) is 4. The Kier molecular flexibility index (Phi) is 4.15. The van der Waals surface area contributed by atoms with Gasteiger partial charge in [-0.3, -0.25) is 9.59 Å². The van der Waals surface area contributed by atoms with Gasteiger partial charge in [-0.25, -0.2) is 0 Å². The number of nitrogens with zero attached hydrogens (tertiary/aromatic N) is 1. The lowest BCUT2D eigenvalue weighted by atomic mass is 9.77. The van der Waals surface area contributed by atoms with Gasteiger partial charge < -0.3 is 14.4 Å². The first-order chi connectivity index (χ1) is 11.7. The number of likely N-dealkylation sites (tertiary alicyclic amines) is 1. The summed E-state index contributed by atoms with van der Waals surface area (Å²) < 4.78 is 11.6. The van der Waals surface area contributed by atoms with Gasteiger partial charge in [-0.15, -0.1) is 0 Å². The fourth-order valence-corrected chi connectivity index (χ4v) is 4.91. The standard InChI is InChI=1S/C19H27NO4/c1-2-3-11-23-18(22)15-14-9-10-19(24-14)12-20(17(21)16(15)19)13-7-5-4-6-8-13/h9-10,13-16H,2-8,11-12H2,1H3/t14-,15-,16+,19-/m0/s1. The summed E-state index contributed by atoms with van der Waals surface area (Å²) in [6.45, 7) is 3.10. The van der Waals surface area contributed by atoms with Crippen LogP contribution < -0.4 is 0 Å². The van der Waals surface area contributed by atoms with Gasteiger partial charge in [0, 0.05) is 6.04 Å². The Balaban J connectivity index is 1.52. The van der Waals surface area contributed by atoms with E-state index in [1.54, 1.807) is 0 Å². The number of fused-ring (bicyclic) bond motifs is 1. The molecule has 0 unspecified atom stereocenters. The molecule has 0 radical (unpaired) electrons. The van der Waals surface area contributed by atoms with Crippen molar-refractivity contribution in [3.8, 4) is 0 Å². The highest BCUT2D eigenvalue weighted by Gasteiger charge is 2.67. The third-order valence-corrected chi connectivity index (χ3v) is 6.16. The van der Waals surface area contributed by atoms with Crippen LogP contribution in [0, 0.1) is 11.8 Å². The molecule has 0 N–H and O–H groups in total. The first kappa shape index (κ1) is 16.1. The lowest BCUT2D eigenvalue weighted by Crippen LogP contribution is -2.42. The summed E-state index contributed by atoms with van der Waals surface area (Å²) in [6, 6.07) is 0.319. The van der Waals surface area contributed by atoms with Crippen molar-refractivity contribution in [3.63, 3.8) is 0 Å². The van der Waals surface area contributed by atoms with E-state index >= 15 is 0 Å². The molecule has 3 fully saturated rings. The summed E-state index contributed by atoms with van der Waals surface area (Å²) in [5, 5.41) is 0. The molecule has 3 aliphatic heterocycles. The molecule has 1 amide bonds. The largest absolute Gasteiger partial charge is 0.465 e. The molecule has 5 nitrogen and oxygen atoms in total. The van der Waals surface area contributed by atoms with Crippen molar-refractivity contribution in [2.24, 2.45) is 11.8 Å². The Morgan fingerprint density at radius 1 is 1.38 bits per heavy atom. The van der Waals surface area contributed by atoms with Crippen LogP contribution in [0.15, 0.2) is 12.2 Å². The van der Waals surface area contributed by atoms with Crippen LogP contribution in [0.5, 0.6) is 0 Å². The van der Waals surface area contributed by atoms with Crippen LogP contribution in [0.2, 0.25) is 0 Å². The van der Waals surface area contributed by atoms with Gasteiger partial charge >= 0.3 is 5.97 Å². The smallest absolute Gasteiger partial charge is 0.312 e. The summed E-state index contributed by atoms with van der Waals surface area (Å²) in [4.78, 5) is 27.7. The Morgan fingerprint density at radius 3 is 2.92 bits per heavy atom. The number of unbranched alkanes of at least 4 members (excludes halogenated alkanes) is 1. The Morgan fingerprint density at radius 2 is 2.17 bits per heavy atom. The van der Waals surface area contributed by atoms with E-state index in [0.29, 0.717) is 19.2 Å². The molecule has 4 aliphatic rings. The molecule has 0 aromatic carbocycles. The third kappa shape index (κ3) is 2.40. The van der Waals surface area contributed by atoms with Crippen molar-refractivity contribution >= 4 is 11.9 Å². The maximum Gasteiger partial charge on any atom is 0.312 e. The zero-order valence-electron chi connectivity index (χ0n) is 14.4. The van der Waals surface area contributed by atoms with Gasteiger partial charge in [0.1, 0.15) is 11.5 Å². The van der Waals surface area contributed by atoms with E-state index in [4.69, 9.17) is 9.47 Å². The van der Waals surface area contributed by atoms with E-state index in [1.165, 1.54) is 19.3 Å². The zero-order chi connectivity index (χ0) is 16.7. The number of carbonyl (C=O) groups is 2. The van der Waals surface area contributed by atoms with Gasteiger partial charge in [-0.1, -0.05) is 44.8 Å².